The molecule has 0 bridgehead atoms. The zero-order valence-electron chi connectivity index (χ0n) is 18.4. The summed E-state index contributed by atoms with van der Waals surface area (Å²) in [6.07, 6.45) is 0. The van der Waals surface area contributed by atoms with Gasteiger partial charge in [0.25, 0.3) is 5.89 Å². The molecule has 1 aromatic heterocycles. The molecule has 8 heteroatoms. The van der Waals surface area contributed by atoms with Gasteiger partial charge in [-0.25, -0.2) is 13.6 Å². The zero-order chi connectivity index (χ0) is 23.8. The first kappa shape index (κ1) is 21.5. The molecule has 5 rings (SSSR count). The number of anilines is 1. The van der Waals surface area contributed by atoms with Crippen molar-refractivity contribution in [1.29, 1.82) is 0 Å². The summed E-state index contributed by atoms with van der Waals surface area (Å²) in [5, 5.41) is 7.07. The summed E-state index contributed by atoms with van der Waals surface area (Å²) in [7, 11) is 0. The maximum atomic E-state index is 13.6. The van der Waals surface area contributed by atoms with Crippen molar-refractivity contribution in [3.05, 3.63) is 107 Å². The molecule has 0 fully saturated rings. The minimum atomic E-state index is -0.656. The predicted octanol–water partition coefficient (Wildman–Crippen LogP) is 6.03. The Labute approximate surface area is 194 Å². The van der Waals surface area contributed by atoms with E-state index in [1.54, 1.807) is 19.1 Å². The molecule has 4 aromatic rings. The summed E-state index contributed by atoms with van der Waals surface area (Å²) in [6, 6.07) is 18.1. The summed E-state index contributed by atoms with van der Waals surface area (Å²) in [6.45, 7) is 3.74. The fraction of sp³-hybridized carbons (Fsp3) is 0.115. The third-order valence-electron chi connectivity index (χ3n) is 5.74. The van der Waals surface area contributed by atoms with Crippen LogP contribution >= 0.6 is 0 Å². The van der Waals surface area contributed by atoms with Crippen molar-refractivity contribution < 1.29 is 18.1 Å². The van der Waals surface area contributed by atoms with Crippen molar-refractivity contribution in [3.8, 4) is 11.4 Å². The van der Waals surface area contributed by atoms with Crippen LogP contribution in [0.15, 0.2) is 83.0 Å². The van der Waals surface area contributed by atoms with Gasteiger partial charge in [-0.15, -0.1) is 0 Å². The highest BCUT2D eigenvalue weighted by Gasteiger charge is 2.36. The molecule has 2 amide bonds. The van der Waals surface area contributed by atoms with Gasteiger partial charge < -0.3 is 9.84 Å². The monoisotopic (exact) mass is 458 g/mol. The van der Waals surface area contributed by atoms with Gasteiger partial charge in [0, 0.05) is 11.3 Å². The van der Waals surface area contributed by atoms with Crippen LogP contribution in [0.3, 0.4) is 0 Å². The molecule has 3 aromatic carbocycles. The highest BCUT2D eigenvalue weighted by molar-refractivity contribution is 6.01. The summed E-state index contributed by atoms with van der Waals surface area (Å²) in [4.78, 5) is 19.1. The molecule has 0 aliphatic carbocycles. The Morgan fingerprint density at radius 1 is 0.882 bits per heavy atom. The number of rotatable bonds is 4. The zero-order valence-corrected chi connectivity index (χ0v) is 18.4. The lowest BCUT2D eigenvalue weighted by molar-refractivity contribution is 0.244. The Hall–Kier alpha value is -4.33. The number of aryl methyl sites for hydroxylation is 1. The molecule has 0 spiro atoms. The van der Waals surface area contributed by atoms with Gasteiger partial charge in [-0.1, -0.05) is 47.1 Å². The summed E-state index contributed by atoms with van der Waals surface area (Å²) < 4.78 is 32.7. The fourth-order valence-electron chi connectivity index (χ4n) is 3.98. The number of urea groups is 1. The van der Waals surface area contributed by atoms with Gasteiger partial charge >= 0.3 is 6.03 Å². The Bertz CT molecular complexity index is 1380. The number of carbonyl (C=O) groups excluding carboxylic acids is 1. The Balaban J connectivity index is 1.64. The molecule has 0 saturated carbocycles. The normalized spacial score (nSPS) is 16.1. The Kier molecular flexibility index (Phi) is 5.41. The van der Waals surface area contributed by atoms with Gasteiger partial charge in [0.05, 0.1) is 17.3 Å². The van der Waals surface area contributed by atoms with E-state index in [0.717, 1.165) is 11.1 Å². The van der Waals surface area contributed by atoms with E-state index in [1.165, 1.54) is 41.3 Å². The van der Waals surface area contributed by atoms with E-state index in [-0.39, 0.29) is 11.7 Å². The highest BCUT2D eigenvalue weighted by atomic mass is 19.1. The smallest absolute Gasteiger partial charge is 0.326 e. The van der Waals surface area contributed by atoms with Crippen LogP contribution in [0, 0.1) is 18.6 Å². The molecule has 34 heavy (non-hydrogen) atoms. The van der Waals surface area contributed by atoms with Crippen molar-refractivity contribution in [2.75, 3.05) is 4.90 Å². The van der Waals surface area contributed by atoms with E-state index < -0.39 is 17.9 Å². The van der Waals surface area contributed by atoms with Crippen molar-refractivity contribution in [3.63, 3.8) is 0 Å². The number of nitrogens with one attached hydrogen (secondary N) is 1. The standard InChI is InChI=1S/C26H20F2N4O2/c1-15-3-5-18(6-4-15)24-30-25(34-31-24)22-16(2)32(21-13-11-20(28)12-14-21)26(33)29-23(22)17-7-9-19(27)10-8-17/h3-14,23H,1-2H3,(H,29,33). The van der Waals surface area contributed by atoms with Gasteiger partial charge in [0.1, 0.15) is 11.6 Å². The average Bonchev–Trinajstić information content (AvgIpc) is 3.30. The maximum Gasteiger partial charge on any atom is 0.326 e. The lowest BCUT2D eigenvalue weighted by Gasteiger charge is -2.35. The second-order valence-electron chi connectivity index (χ2n) is 8.03. The Morgan fingerprint density at radius 2 is 1.50 bits per heavy atom. The first-order valence-corrected chi connectivity index (χ1v) is 10.6. The van der Waals surface area contributed by atoms with E-state index in [2.05, 4.69) is 15.5 Å². The van der Waals surface area contributed by atoms with Crippen molar-refractivity contribution in [1.82, 2.24) is 15.5 Å². The van der Waals surface area contributed by atoms with Gasteiger partial charge in [-0.2, -0.15) is 4.98 Å². The molecule has 0 saturated heterocycles. The molecule has 1 aliphatic rings. The largest absolute Gasteiger partial charge is 0.334 e. The predicted molar refractivity (Wildman–Crippen MR) is 124 cm³/mol. The second-order valence-corrected chi connectivity index (χ2v) is 8.03. The number of hydrogen-bond acceptors (Lipinski definition) is 4. The van der Waals surface area contributed by atoms with Crippen molar-refractivity contribution in [2.24, 2.45) is 0 Å². The van der Waals surface area contributed by atoms with E-state index >= 15 is 0 Å². The number of hydrogen-bond donors (Lipinski definition) is 1. The number of allylic oxidation sites excluding steroid dienone is 1. The molecular weight excluding hydrogens is 438 g/mol. The molecule has 1 atom stereocenters. The number of benzene rings is 3. The van der Waals surface area contributed by atoms with Crippen LogP contribution in [0.25, 0.3) is 17.0 Å². The van der Waals surface area contributed by atoms with Crippen LogP contribution in [-0.2, 0) is 0 Å². The number of halogens is 2. The van der Waals surface area contributed by atoms with Crippen LogP contribution in [0.2, 0.25) is 0 Å². The van der Waals surface area contributed by atoms with Gasteiger partial charge in [-0.3, -0.25) is 4.90 Å². The van der Waals surface area contributed by atoms with Gasteiger partial charge in [-0.05, 0) is 55.8 Å². The minimum Gasteiger partial charge on any atom is -0.334 e. The summed E-state index contributed by atoms with van der Waals surface area (Å²) in [5.74, 6) is -0.180. The SMILES string of the molecule is CC1=C(c2nc(-c3ccc(C)cc3)no2)C(c2ccc(F)cc2)NC(=O)N1c1ccc(F)cc1. The van der Waals surface area contributed by atoms with E-state index in [9.17, 15) is 13.6 Å². The molecule has 2 heterocycles. The first-order valence-electron chi connectivity index (χ1n) is 10.6. The molecule has 170 valence electrons. The second kappa shape index (κ2) is 8.55. The Morgan fingerprint density at radius 3 is 2.15 bits per heavy atom. The third kappa shape index (κ3) is 3.94. The van der Waals surface area contributed by atoms with Crippen molar-refractivity contribution >= 4 is 17.3 Å². The van der Waals surface area contributed by atoms with Crippen LogP contribution in [-0.4, -0.2) is 16.2 Å². The molecule has 0 radical (unpaired) electrons. The molecule has 6 nitrogen and oxygen atoms in total. The van der Waals surface area contributed by atoms with Gasteiger partial charge in [0.2, 0.25) is 5.82 Å². The molecular formula is C26H20F2N4O2. The highest BCUT2D eigenvalue weighted by Crippen LogP contribution is 2.39. The maximum absolute atomic E-state index is 13.6. The van der Waals surface area contributed by atoms with Crippen LogP contribution < -0.4 is 10.2 Å². The van der Waals surface area contributed by atoms with E-state index in [0.29, 0.717) is 28.3 Å². The molecule has 1 aliphatic heterocycles. The van der Waals surface area contributed by atoms with Crippen LogP contribution in [0.4, 0.5) is 19.3 Å². The topological polar surface area (TPSA) is 71.3 Å². The fourth-order valence-corrected chi connectivity index (χ4v) is 3.98. The van der Waals surface area contributed by atoms with Gasteiger partial charge in [0.15, 0.2) is 0 Å². The van der Waals surface area contributed by atoms with E-state index in [1.807, 2.05) is 31.2 Å². The van der Waals surface area contributed by atoms with Crippen molar-refractivity contribution in [2.45, 2.75) is 19.9 Å². The lowest BCUT2D eigenvalue weighted by atomic mass is 9.94. The number of nitrogens with zero attached hydrogens (tertiary/aromatic N) is 3. The lowest BCUT2D eigenvalue weighted by Crippen LogP contribution is -2.46. The number of amides is 2. The van der Waals surface area contributed by atoms with E-state index in [4.69, 9.17) is 4.52 Å². The number of aromatic nitrogens is 2. The first-order chi connectivity index (χ1) is 16.4. The summed E-state index contributed by atoms with van der Waals surface area (Å²) >= 11 is 0. The summed E-state index contributed by atoms with van der Waals surface area (Å²) in [5.41, 5.74) is 4.10. The average molecular weight is 458 g/mol. The van der Waals surface area contributed by atoms with Crippen LogP contribution in [0.5, 0.6) is 0 Å². The van der Waals surface area contributed by atoms with Crippen LogP contribution in [0.1, 0.15) is 30.0 Å². The quantitative estimate of drug-likeness (QED) is 0.406. The number of carbonyl (C=O) groups is 1. The molecule has 1 unspecified atom stereocenters. The molecule has 1 N–H and O–H groups in total. The minimum absolute atomic E-state index is 0.217. The third-order valence-corrected chi connectivity index (χ3v) is 5.74.